The molecule has 0 bridgehead atoms. The van der Waals surface area contributed by atoms with Crippen molar-refractivity contribution in [2.24, 2.45) is 7.05 Å². The zero-order valence-electron chi connectivity index (χ0n) is 11.2. The molecule has 100 valence electrons. The van der Waals surface area contributed by atoms with E-state index in [1.807, 2.05) is 11.6 Å². The fourth-order valence-corrected chi connectivity index (χ4v) is 1.85. The van der Waals surface area contributed by atoms with Crippen LogP contribution in [0.2, 0.25) is 0 Å². The zero-order chi connectivity index (χ0) is 14.0. The highest BCUT2D eigenvalue weighted by atomic mass is 19.1. The maximum atomic E-state index is 13.9. The second kappa shape index (κ2) is 5.22. The van der Waals surface area contributed by atoms with Crippen LogP contribution in [0.25, 0.3) is 0 Å². The van der Waals surface area contributed by atoms with Gasteiger partial charge in [-0.25, -0.2) is 9.37 Å². The average molecular weight is 261 g/mol. The number of hydrogen-bond donors (Lipinski definition) is 0. The predicted octanol–water partition coefficient (Wildman–Crippen LogP) is 2.14. The van der Waals surface area contributed by atoms with E-state index in [0.29, 0.717) is 12.1 Å². The number of benzene rings is 1. The first-order chi connectivity index (χ1) is 9.00. The van der Waals surface area contributed by atoms with Gasteiger partial charge >= 0.3 is 0 Å². The van der Waals surface area contributed by atoms with Crippen LogP contribution >= 0.6 is 0 Å². The van der Waals surface area contributed by atoms with Crippen LogP contribution in [-0.4, -0.2) is 27.4 Å². The maximum absolute atomic E-state index is 13.9. The lowest BCUT2D eigenvalue weighted by Crippen LogP contribution is -2.28. The summed E-state index contributed by atoms with van der Waals surface area (Å²) in [5.41, 5.74) is 0.563. The molecule has 1 amide bonds. The van der Waals surface area contributed by atoms with Crippen LogP contribution in [0.1, 0.15) is 21.7 Å². The molecular formula is C14H16FN3O. The minimum atomic E-state index is -0.459. The standard InChI is InChI=1S/C14H16FN3O/c1-10-5-4-6-11(13(10)15)14(19)18(3)9-12-16-7-8-17(12)2/h4-8H,9H2,1-3H3. The van der Waals surface area contributed by atoms with Gasteiger partial charge in [-0.1, -0.05) is 12.1 Å². The molecule has 0 saturated heterocycles. The van der Waals surface area contributed by atoms with E-state index in [1.165, 1.54) is 11.0 Å². The van der Waals surface area contributed by atoms with Gasteiger partial charge in [0, 0.05) is 26.5 Å². The molecule has 5 heteroatoms. The molecule has 19 heavy (non-hydrogen) atoms. The van der Waals surface area contributed by atoms with E-state index >= 15 is 0 Å². The number of amides is 1. The number of aromatic nitrogens is 2. The lowest BCUT2D eigenvalue weighted by molar-refractivity contribution is 0.0775. The van der Waals surface area contributed by atoms with Gasteiger partial charge in [-0.2, -0.15) is 0 Å². The first kappa shape index (κ1) is 13.3. The van der Waals surface area contributed by atoms with Crippen molar-refractivity contribution in [3.8, 4) is 0 Å². The molecule has 2 rings (SSSR count). The molecule has 0 saturated carbocycles. The largest absolute Gasteiger partial charge is 0.337 e. The molecule has 0 aliphatic heterocycles. The number of rotatable bonds is 3. The fourth-order valence-electron chi connectivity index (χ4n) is 1.85. The lowest BCUT2D eigenvalue weighted by atomic mass is 10.1. The molecule has 0 unspecified atom stereocenters. The Morgan fingerprint density at radius 1 is 1.47 bits per heavy atom. The number of halogens is 1. The summed E-state index contributed by atoms with van der Waals surface area (Å²) < 4.78 is 15.7. The Hall–Kier alpha value is -2.17. The normalized spacial score (nSPS) is 10.5. The van der Waals surface area contributed by atoms with E-state index in [0.717, 1.165) is 5.82 Å². The Labute approximate surface area is 111 Å². The SMILES string of the molecule is Cc1cccc(C(=O)N(C)Cc2nccn2C)c1F. The Morgan fingerprint density at radius 3 is 2.84 bits per heavy atom. The van der Waals surface area contributed by atoms with E-state index in [-0.39, 0.29) is 11.5 Å². The third-order valence-electron chi connectivity index (χ3n) is 3.07. The van der Waals surface area contributed by atoms with E-state index in [1.54, 1.807) is 38.5 Å². The Kier molecular flexibility index (Phi) is 3.64. The number of nitrogens with zero attached hydrogens (tertiary/aromatic N) is 3. The van der Waals surface area contributed by atoms with Crippen molar-refractivity contribution >= 4 is 5.91 Å². The fraction of sp³-hybridized carbons (Fsp3) is 0.286. The molecule has 2 aromatic rings. The molecule has 0 N–H and O–H groups in total. The van der Waals surface area contributed by atoms with Crippen molar-refractivity contribution in [2.75, 3.05) is 7.05 Å². The molecule has 0 aliphatic rings. The van der Waals surface area contributed by atoms with E-state index in [9.17, 15) is 9.18 Å². The molecule has 0 radical (unpaired) electrons. The second-order valence-corrected chi connectivity index (χ2v) is 4.55. The van der Waals surface area contributed by atoms with Gasteiger partial charge < -0.3 is 9.47 Å². The number of imidazole rings is 1. The van der Waals surface area contributed by atoms with Gasteiger partial charge in [0.15, 0.2) is 0 Å². The van der Waals surface area contributed by atoms with Crippen molar-refractivity contribution in [3.05, 3.63) is 53.4 Å². The number of carbonyl (C=O) groups is 1. The van der Waals surface area contributed by atoms with Crippen LogP contribution in [0.5, 0.6) is 0 Å². The molecular weight excluding hydrogens is 245 g/mol. The number of hydrogen-bond acceptors (Lipinski definition) is 2. The Balaban J connectivity index is 2.20. The first-order valence-corrected chi connectivity index (χ1v) is 5.97. The smallest absolute Gasteiger partial charge is 0.256 e. The van der Waals surface area contributed by atoms with Crippen molar-refractivity contribution in [2.45, 2.75) is 13.5 Å². The van der Waals surface area contributed by atoms with Gasteiger partial charge in [-0.15, -0.1) is 0 Å². The number of aryl methyl sites for hydroxylation is 2. The Bertz CT molecular complexity index is 606. The van der Waals surface area contributed by atoms with Crippen molar-refractivity contribution in [1.29, 1.82) is 0 Å². The summed E-state index contributed by atoms with van der Waals surface area (Å²) in [7, 11) is 3.49. The minimum Gasteiger partial charge on any atom is -0.337 e. The van der Waals surface area contributed by atoms with Gasteiger partial charge in [0.25, 0.3) is 5.91 Å². The van der Waals surface area contributed by atoms with Crippen LogP contribution in [0.4, 0.5) is 4.39 Å². The van der Waals surface area contributed by atoms with Crippen molar-refractivity contribution in [3.63, 3.8) is 0 Å². The van der Waals surface area contributed by atoms with E-state index in [4.69, 9.17) is 0 Å². The van der Waals surface area contributed by atoms with Crippen molar-refractivity contribution < 1.29 is 9.18 Å². The van der Waals surface area contributed by atoms with Crippen LogP contribution in [0, 0.1) is 12.7 Å². The molecule has 0 atom stereocenters. The summed E-state index contributed by atoms with van der Waals surface area (Å²) in [5, 5.41) is 0. The van der Waals surface area contributed by atoms with Crippen LogP contribution in [-0.2, 0) is 13.6 Å². The molecule has 0 spiro atoms. The third-order valence-corrected chi connectivity index (χ3v) is 3.07. The van der Waals surface area contributed by atoms with Crippen LogP contribution < -0.4 is 0 Å². The topological polar surface area (TPSA) is 38.1 Å². The first-order valence-electron chi connectivity index (χ1n) is 5.97. The van der Waals surface area contributed by atoms with Gasteiger partial charge in [0.05, 0.1) is 12.1 Å². The summed E-state index contributed by atoms with van der Waals surface area (Å²) in [6, 6.07) is 4.82. The molecule has 1 aromatic carbocycles. The predicted molar refractivity (Wildman–Crippen MR) is 70.1 cm³/mol. The van der Waals surface area contributed by atoms with Gasteiger partial charge in [0.1, 0.15) is 11.6 Å². The van der Waals surface area contributed by atoms with Crippen LogP contribution in [0.15, 0.2) is 30.6 Å². The van der Waals surface area contributed by atoms with E-state index in [2.05, 4.69) is 4.98 Å². The van der Waals surface area contributed by atoms with Gasteiger partial charge in [0.2, 0.25) is 0 Å². The number of carbonyl (C=O) groups excluding carboxylic acids is 1. The second-order valence-electron chi connectivity index (χ2n) is 4.55. The van der Waals surface area contributed by atoms with Crippen molar-refractivity contribution in [1.82, 2.24) is 14.5 Å². The summed E-state index contributed by atoms with van der Waals surface area (Å²) >= 11 is 0. The lowest BCUT2D eigenvalue weighted by Gasteiger charge is -2.17. The molecule has 0 fully saturated rings. The zero-order valence-corrected chi connectivity index (χ0v) is 11.2. The molecule has 4 nitrogen and oxygen atoms in total. The molecule has 1 heterocycles. The van der Waals surface area contributed by atoms with Gasteiger partial charge in [-0.3, -0.25) is 4.79 Å². The summed E-state index contributed by atoms with van der Waals surface area (Å²) in [5.74, 6) is -0.0488. The highest BCUT2D eigenvalue weighted by Crippen LogP contribution is 2.14. The third kappa shape index (κ3) is 2.65. The molecule has 1 aromatic heterocycles. The van der Waals surface area contributed by atoms with Crippen LogP contribution in [0.3, 0.4) is 0 Å². The quantitative estimate of drug-likeness (QED) is 0.849. The summed E-state index contributed by atoms with van der Waals surface area (Å²) in [6.07, 6.45) is 3.47. The average Bonchev–Trinajstić information content (AvgIpc) is 2.77. The monoisotopic (exact) mass is 261 g/mol. The maximum Gasteiger partial charge on any atom is 0.256 e. The highest BCUT2D eigenvalue weighted by Gasteiger charge is 2.18. The Morgan fingerprint density at radius 2 is 2.21 bits per heavy atom. The minimum absolute atomic E-state index is 0.0942. The van der Waals surface area contributed by atoms with Gasteiger partial charge in [-0.05, 0) is 18.6 Å². The van der Waals surface area contributed by atoms with E-state index < -0.39 is 5.82 Å². The summed E-state index contributed by atoms with van der Waals surface area (Å²) in [4.78, 5) is 17.8. The summed E-state index contributed by atoms with van der Waals surface area (Å²) in [6.45, 7) is 1.99. The molecule has 0 aliphatic carbocycles. The highest BCUT2D eigenvalue weighted by molar-refractivity contribution is 5.94.